The van der Waals surface area contributed by atoms with Crippen LogP contribution in [0.5, 0.6) is 5.75 Å². The van der Waals surface area contributed by atoms with Crippen molar-refractivity contribution in [2.75, 3.05) is 85.1 Å². The maximum atomic E-state index is 12.9. The molecule has 708 valence electrons. The molecule has 16 amide bonds. The third kappa shape index (κ3) is 30.8. The number of carbonyl (C=O) groups excluding carboxylic acids is 9. The summed E-state index contributed by atoms with van der Waals surface area (Å²) in [6.45, 7) is 0. The molecular formula is C114H76N16O16. The first-order valence-corrected chi connectivity index (χ1v) is 42.1. The van der Waals surface area contributed by atoms with Crippen molar-refractivity contribution in [3.63, 3.8) is 0 Å². The standard InChI is InChI=1S/C31H22N4O4.2C29H18N4O4.C25H18N4O4/c1-3-21-10-14-24(15-11-21)32-30(37)34-26-18-23(29(36)39-28-8-6-5-7-9-28)19-27(20-26)35-31(38)33-25-16-12-22(4-2)13-17-25;1-5-18-9-11-23(13-20(18)7-3)30-28(36)32-25-15-22(27(34)35)16-26(17-25)33-29(37)31-24-12-10-19(6-2)21(8-4)14-24;1-5-18-11-9-13-25(23(18)7-3)32-28(36)30-21-15-20(27(34)35)16-22(17-21)31-29(37)33-26-14-10-12-19(6-2)24(26)8-4;1-3-16-9-5-7-11-21(16)28-24(32)26-19-13-18(23(30)31)14-20(15-19)27-25(33)29-22-12-8-6-10-17(22)4-2/h1-2,5-20H,(H2,32,34,37)(H2,33,35,38);2*1-4,9-17H,(H,34,35)(H2,30,32,36)(H2,31,33,37);1-2,5-15H,(H,30,31)(H2,26,28,32)(H2,27,29,33). The van der Waals surface area contributed by atoms with Crippen LogP contribution in [0.25, 0.3) is 0 Å². The Balaban J connectivity index is 0.000000200. The number of ether oxygens (including phenoxy) is 1. The second kappa shape index (κ2) is 51.4. The molecule has 0 radical (unpaired) electrons. The molecule has 0 unspecified atom stereocenters. The Morgan fingerprint density at radius 1 is 0.192 bits per heavy atom. The van der Waals surface area contributed by atoms with E-state index >= 15 is 0 Å². The number of benzene rings is 13. The van der Waals surface area contributed by atoms with Crippen LogP contribution in [-0.4, -0.2) is 87.4 Å². The first kappa shape index (κ1) is 105. The molecule has 0 aliphatic carbocycles. The van der Waals surface area contributed by atoms with Crippen molar-refractivity contribution < 1.29 is 77.6 Å². The molecule has 0 aliphatic rings. The summed E-state index contributed by atoms with van der Waals surface area (Å²) in [6.07, 6.45) is 65.2. The molecule has 0 spiro atoms. The Morgan fingerprint density at radius 3 is 0.712 bits per heavy atom. The molecule has 13 aromatic carbocycles. The average molecular weight is 1930 g/mol. The molecule has 146 heavy (non-hydrogen) atoms. The molecule has 0 saturated heterocycles. The summed E-state index contributed by atoms with van der Waals surface area (Å²) in [4.78, 5) is 148. The normalized spacial score (nSPS) is 9.56. The van der Waals surface area contributed by atoms with E-state index in [0.717, 1.165) is 0 Å². The minimum Gasteiger partial charge on any atom is -0.478 e. The van der Waals surface area contributed by atoms with Gasteiger partial charge in [-0.15, -0.1) is 77.1 Å². The number of urea groups is 8. The van der Waals surface area contributed by atoms with E-state index in [0.29, 0.717) is 118 Å². The molecule has 32 heteroatoms. The van der Waals surface area contributed by atoms with Crippen molar-refractivity contribution in [1.82, 2.24) is 0 Å². The maximum absolute atomic E-state index is 12.9. The third-order valence-corrected chi connectivity index (χ3v) is 19.4. The summed E-state index contributed by atoms with van der Waals surface area (Å²) in [5.41, 5.74) is 9.58. The molecule has 13 rings (SSSR count). The van der Waals surface area contributed by atoms with Gasteiger partial charge in [0, 0.05) is 124 Å². The van der Waals surface area contributed by atoms with Gasteiger partial charge in [-0.3, -0.25) is 0 Å². The fraction of sp³-hybridized carbons (Fsp3) is 0. The Morgan fingerprint density at radius 2 is 0.432 bits per heavy atom. The lowest BCUT2D eigenvalue weighted by atomic mass is 10.1. The predicted octanol–water partition coefficient (Wildman–Crippen LogP) is 20.0. The summed E-state index contributed by atoms with van der Waals surface area (Å²) in [7, 11) is 0. The average Bonchev–Trinajstić information content (AvgIpc) is 0.836. The quantitative estimate of drug-likeness (QED) is 0.0180. The third-order valence-electron chi connectivity index (χ3n) is 19.4. The molecule has 13 aromatic rings. The van der Waals surface area contributed by atoms with Gasteiger partial charge < -0.3 is 105 Å². The highest BCUT2D eigenvalue weighted by atomic mass is 16.5. The van der Waals surface area contributed by atoms with Gasteiger partial charge in [0.25, 0.3) is 0 Å². The number of hydrogen-bond donors (Lipinski definition) is 19. The van der Waals surface area contributed by atoms with Gasteiger partial charge in [0.1, 0.15) is 5.75 Å². The number of terminal acetylenes is 12. The summed E-state index contributed by atoms with van der Waals surface area (Å²) in [5.74, 6) is 25.3. The van der Waals surface area contributed by atoms with Crippen molar-refractivity contribution in [3.8, 4) is 154 Å². The largest absolute Gasteiger partial charge is 0.478 e. The first-order valence-electron chi connectivity index (χ1n) is 42.1. The van der Waals surface area contributed by atoms with Crippen LogP contribution in [0.3, 0.4) is 0 Å². The van der Waals surface area contributed by atoms with Crippen molar-refractivity contribution >= 4 is 163 Å². The van der Waals surface area contributed by atoms with Crippen LogP contribution in [0.15, 0.2) is 273 Å². The molecule has 19 N–H and O–H groups in total. The van der Waals surface area contributed by atoms with E-state index in [1.54, 1.807) is 188 Å². The highest BCUT2D eigenvalue weighted by molar-refractivity contribution is 6.10. The highest BCUT2D eigenvalue weighted by Crippen LogP contribution is 2.30. The lowest BCUT2D eigenvalue weighted by Gasteiger charge is -2.14. The summed E-state index contributed by atoms with van der Waals surface area (Å²) in [6, 6.07) is 65.2. The Bertz CT molecular complexity index is 7540. The van der Waals surface area contributed by atoms with Crippen LogP contribution in [0.4, 0.5) is 129 Å². The van der Waals surface area contributed by atoms with E-state index in [-0.39, 0.29) is 67.8 Å². The minimum atomic E-state index is -1.28. The zero-order chi connectivity index (χ0) is 105. The van der Waals surface area contributed by atoms with E-state index in [9.17, 15) is 72.9 Å². The molecule has 0 bridgehead atoms. The molecule has 32 nitrogen and oxygen atoms in total. The SMILES string of the molecule is C#Cc1ccc(NC(=O)Nc2cc(NC(=O)Nc3ccc(C#C)c(C#C)c3)cc(C(=O)O)c2)cc1C#C.C#Cc1ccc(NC(=O)Nc2cc(NC(=O)Nc3ccc(C#C)cc3)cc(C(=O)Oc3ccccc3)c2)cc1.C#Cc1cccc(NC(=O)Nc2cc(NC(=O)Nc3cccc(C#C)c3C#C)cc(C(=O)O)c2)c1C#C.C#Cc1ccccc1NC(=O)Nc1cc(NC(=O)Nc2ccccc2C#C)cc(C(=O)O)c1. The van der Waals surface area contributed by atoms with Crippen molar-refractivity contribution in [2.24, 2.45) is 0 Å². The second-order valence-electron chi connectivity index (χ2n) is 29.4. The van der Waals surface area contributed by atoms with E-state index in [1.165, 1.54) is 84.9 Å². The van der Waals surface area contributed by atoms with Crippen molar-refractivity contribution in [3.05, 3.63) is 362 Å². The predicted molar refractivity (Wildman–Crippen MR) is 566 cm³/mol. The summed E-state index contributed by atoms with van der Waals surface area (Å²) >= 11 is 0. The number of para-hydroxylation sites is 3. The van der Waals surface area contributed by atoms with Crippen LogP contribution < -0.4 is 89.8 Å². The van der Waals surface area contributed by atoms with Gasteiger partial charge in [0.2, 0.25) is 0 Å². The van der Waals surface area contributed by atoms with Gasteiger partial charge >= 0.3 is 72.1 Å². The van der Waals surface area contributed by atoms with Crippen molar-refractivity contribution in [1.29, 1.82) is 0 Å². The Hall–Kier alpha value is -23.4. The molecule has 0 fully saturated rings. The lowest BCUT2D eigenvalue weighted by molar-refractivity contribution is 0.0686. The van der Waals surface area contributed by atoms with Gasteiger partial charge in [0.15, 0.2) is 0 Å². The number of hydrogen-bond acceptors (Lipinski definition) is 13. The molecule has 0 saturated carbocycles. The summed E-state index contributed by atoms with van der Waals surface area (Å²) in [5, 5.41) is 69.8. The monoisotopic (exact) mass is 1920 g/mol. The molecule has 0 heterocycles. The molecule has 0 aromatic heterocycles. The number of esters is 1. The molecule has 0 aliphatic heterocycles. The first-order chi connectivity index (χ1) is 70.3. The topological polar surface area (TPSA) is 467 Å². The fourth-order valence-electron chi connectivity index (χ4n) is 12.9. The Labute approximate surface area is 836 Å². The van der Waals surface area contributed by atoms with Crippen LogP contribution in [0.1, 0.15) is 108 Å². The van der Waals surface area contributed by atoms with E-state index < -0.39 is 72.1 Å². The van der Waals surface area contributed by atoms with Crippen molar-refractivity contribution in [2.45, 2.75) is 0 Å². The van der Waals surface area contributed by atoms with E-state index in [1.807, 2.05) is 0 Å². The van der Waals surface area contributed by atoms with Gasteiger partial charge in [-0.25, -0.2) is 57.5 Å². The maximum Gasteiger partial charge on any atom is 0.343 e. The number of amides is 16. The van der Waals surface area contributed by atoms with E-state index in [2.05, 4.69) is 156 Å². The number of nitrogens with one attached hydrogen (secondary N) is 16. The highest BCUT2D eigenvalue weighted by Gasteiger charge is 2.22. The van der Waals surface area contributed by atoms with E-state index in [4.69, 9.17) is 81.8 Å². The number of carboxylic acid groups (broad SMARTS) is 3. The zero-order valence-corrected chi connectivity index (χ0v) is 76.1. The number of aromatic carboxylic acids is 3. The van der Waals surface area contributed by atoms with Gasteiger partial charge in [0.05, 0.1) is 56.1 Å². The van der Waals surface area contributed by atoms with Crippen LogP contribution in [-0.2, 0) is 0 Å². The molecular weight excluding hydrogens is 1850 g/mol. The van der Waals surface area contributed by atoms with Crippen LogP contribution >= 0.6 is 0 Å². The number of anilines is 16. The van der Waals surface area contributed by atoms with Gasteiger partial charge in [-0.1, -0.05) is 126 Å². The summed E-state index contributed by atoms with van der Waals surface area (Å²) < 4.78 is 5.43. The number of carboxylic acids is 3. The Kier molecular flexibility index (Phi) is 36.8. The zero-order valence-electron chi connectivity index (χ0n) is 76.1. The second-order valence-corrected chi connectivity index (χ2v) is 29.4. The molecule has 0 atom stereocenters. The minimum absolute atomic E-state index is 0.0849. The van der Waals surface area contributed by atoms with Crippen LogP contribution in [0, 0.1) is 148 Å². The fourth-order valence-corrected chi connectivity index (χ4v) is 12.9. The van der Waals surface area contributed by atoms with Gasteiger partial charge in [-0.05, 0) is 218 Å². The smallest absolute Gasteiger partial charge is 0.343 e. The van der Waals surface area contributed by atoms with Gasteiger partial charge in [-0.2, -0.15) is 0 Å². The lowest BCUT2D eigenvalue weighted by Crippen LogP contribution is -2.22. The number of rotatable bonds is 21. The van der Waals surface area contributed by atoms with Crippen LogP contribution in [0.2, 0.25) is 0 Å². The number of carbonyl (C=O) groups is 12.